The van der Waals surface area contributed by atoms with Gasteiger partial charge in [-0.2, -0.15) is 0 Å². The van der Waals surface area contributed by atoms with Crippen LogP contribution in [0.2, 0.25) is 0 Å². The highest BCUT2D eigenvalue weighted by atomic mass is 32.2. The van der Waals surface area contributed by atoms with E-state index in [2.05, 4.69) is 33.9 Å². The van der Waals surface area contributed by atoms with Gasteiger partial charge in [0.05, 0.1) is 0 Å². The van der Waals surface area contributed by atoms with E-state index in [0.29, 0.717) is 4.21 Å². The van der Waals surface area contributed by atoms with Crippen LogP contribution < -0.4 is 4.72 Å². The van der Waals surface area contributed by atoms with Crippen molar-refractivity contribution < 1.29 is 8.42 Å². The summed E-state index contributed by atoms with van der Waals surface area (Å²) in [4.78, 5) is 2.13. The standard InChI is InChI=1S/C20H22N2O2S2/c1-22(2)15-16-9-11-17(12-10-16)19-7-4-3-6-18(19)14-21-26(23,24)20-8-5-13-25-20/h3-13,21H,14-15H2,1-2H3. The van der Waals surface area contributed by atoms with Gasteiger partial charge in [-0.15, -0.1) is 11.3 Å². The van der Waals surface area contributed by atoms with E-state index in [1.54, 1.807) is 17.5 Å². The second-order valence-corrected chi connectivity index (χ2v) is 9.29. The molecule has 0 fully saturated rings. The van der Waals surface area contributed by atoms with Crippen LogP contribution in [-0.2, 0) is 23.1 Å². The summed E-state index contributed by atoms with van der Waals surface area (Å²) in [5.74, 6) is 0. The molecule has 136 valence electrons. The molecule has 0 aliphatic heterocycles. The minimum Gasteiger partial charge on any atom is -0.305 e. The van der Waals surface area contributed by atoms with E-state index >= 15 is 0 Å². The summed E-state index contributed by atoms with van der Waals surface area (Å²) < 4.78 is 27.8. The fourth-order valence-corrected chi connectivity index (χ4v) is 4.82. The number of sulfonamides is 1. The number of benzene rings is 2. The predicted molar refractivity (Wildman–Crippen MR) is 108 cm³/mol. The number of hydrogen-bond donors (Lipinski definition) is 1. The lowest BCUT2D eigenvalue weighted by Gasteiger charge is -2.13. The molecular weight excluding hydrogens is 364 g/mol. The first kappa shape index (κ1) is 18.8. The van der Waals surface area contributed by atoms with Gasteiger partial charge in [-0.25, -0.2) is 13.1 Å². The van der Waals surface area contributed by atoms with Gasteiger partial charge in [0.1, 0.15) is 4.21 Å². The van der Waals surface area contributed by atoms with Crippen molar-refractivity contribution in [1.82, 2.24) is 9.62 Å². The highest BCUT2D eigenvalue weighted by molar-refractivity contribution is 7.91. The molecule has 0 radical (unpaired) electrons. The first-order valence-electron chi connectivity index (χ1n) is 8.31. The second-order valence-electron chi connectivity index (χ2n) is 6.35. The van der Waals surface area contributed by atoms with E-state index in [9.17, 15) is 8.42 Å². The molecular formula is C20H22N2O2S2. The molecule has 0 atom stereocenters. The van der Waals surface area contributed by atoms with Crippen molar-refractivity contribution >= 4 is 21.4 Å². The lowest BCUT2D eigenvalue weighted by atomic mass is 9.99. The molecule has 0 unspecified atom stereocenters. The van der Waals surface area contributed by atoms with Gasteiger partial charge in [0.25, 0.3) is 0 Å². The molecule has 0 saturated heterocycles. The van der Waals surface area contributed by atoms with Crippen molar-refractivity contribution in [3.8, 4) is 11.1 Å². The number of rotatable bonds is 7. The maximum Gasteiger partial charge on any atom is 0.250 e. The van der Waals surface area contributed by atoms with Gasteiger partial charge in [0.15, 0.2) is 0 Å². The van der Waals surface area contributed by atoms with Crippen molar-refractivity contribution in [2.24, 2.45) is 0 Å². The minimum atomic E-state index is -3.47. The molecule has 0 bridgehead atoms. The van der Waals surface area contributed by atoms with Gasteiger partial charge >= 0.3 is 0 Å². The summed E-state index contributed by atoms with van der Waals surface area (Å²) in [6, 6.07) is 19.6. The topological polar surface area (TPSA) is 49.4 Å². The Morgan fingerprint density at radius 2 is 1.69 bits per heavy atom. The maximum absolute atomic E-state index is 12.4. The van der Waals surface area contributed by atoms with Gasteiger partial charge in [0, 0.05) is 13.1 Å². The molecule has 0 saturated carbocycles. The Labute approximate surface area is 159 Å². The second kappa shape index (κ2) is 8.14. The zero-order chi connectivity index (χ0) is 18.6. The Kier molecular flexibility index (Phi) is 5.88. The third-order valence-corrected chi connectivity index (χ3v) is 6.79. The van der Waals surface area contributed by atoms with Gasteiger partial charge in [-0.05, 0) is 47.8 Å². The lowest BCUT2D eigenvalue weighted by Crippen LogP contribution is -2.22. The SMILES string of the molecule is CN(C)Cc1ccc(-c2ccccc2CNS(=O)(=O)c2cccs2)cc1. The minimum absolute atomic E-state index is 0.260. The Bertz CT molecular complexity index is 948. The van der Waals surface area contributed by atoms with Gasteiger partial charge < -0.3 is 4.90 Å². The Balaban J connectivity index is 1.80. The predicted octanol–water partition coefficient (Wildman–Crippen LogP) is 3.96. The Morgan fingerprint density at radius 3 is 2.35 bits per heavy atom. The molecule has 26 heavy (non-hydrogen) atoms. The molecule has 3 aromatic rings. The van der Waals surface area contributed by atoms with E-state index in [-0.39, 0.29) is 6.54 Å². The van der Waals surface area contributed by atoms with Gasteiger partial charge in [-0.3, -0.25) is 0 Å². The Morgan fingerprint density at radius 1 is 0.962 bits per heavy atom. The third kappa shape index (κ3) is 4.59. The van der Waals surface area contributed by atoms with Crippen LogP contribution >= 0.6 is 11.3 Å². The molecule has 0 spiro atoms. The van der Waals surface area contributed by atoms with Crippen LogP contribution in [0.4, 0.5) is 0 Å². The van der Waals surface area contributed by atoms with Crippen LogP contribution in [0, 0.1) is 0 Å². The van der Waals surface area contributed by atoms with E-state index in [0.717, 1.165) is 23.2 Å². The number of nitrogens with zero attached hydrogens (tertiary/aromatic N) is 1. The van der Waals surface area contributed by atoms with Crippen molar-refractivity contribution in [3.05, 3.63) is 77.2 Å². The van der Waals surface area contributed by atoms with Crippen molar-refractivity contribution in [2.75, 3.05) is 14.1 Å². The summed E-state index contributed by atoms with van der Waals surface area (Å²) in [7, 11) is 0.618. The number of nitrogens with one attached hydrogen (secondary N) is 1. The number of thiophene rings is 1. The summed E-state index contributed by atoms with van der Waals surface area (Å²) in [6.07, 6.45) is 0. The van der Waals surface area contributed by atoms with Crippen LogP contribution in [0.5, 0.6) is 0 Å². The van der Waals surface area contributed by atoms with Crippen molar-refractivity contribution in [1.29, 1.82) is 0 Å². The van der Waals surface area contributed by atoms with Crippen LogP contribution in [-0.4, -0.2) is 27.4 Å². The average Bonchev–Trinajstić information content (AvgIpc) is 3.16. The molecule has 3 rings (SSSR count). The summed E-state index contributed by atoms with van der Waals surface area (Å²) in [5.41, 5.74) is 4.32. The zero-order valence-electron chi connectivity index (χ0n) is 14.8. The fourth-order valence-electron chi connectivity index (χ4n) is 2.77. The molecule has 4 nitrogen and oxygen atoms in total. The first-order valence-corrected chi connectivity index (χ1v) is 10.7. The molecule has 0 amide bonds. The molecule has 6 heteroatoms. The molecule has 2 aromatic carbocycles. The maximum atomic E-state index is 12.4. The monoisotopic (exact) mass is 386 g/mol. The van der Waals surface area contributed by atoms with Crippen molar-refractivity contribution in [2.45, 2.75) is 17.3 Å². The summed E-state index contributed by atoms with van der Waals surface area (Å²) in [6.45, 7) is 1.15. The molecule has 1 heterocycles. The fraction of sp³-hybridized carbons (Fsp3) is 0.200. The quantitative estimate of drug-likeness (QED) is 0.669. The smallest absolute Gasteiger partial charge is 0.250 e. The van der Waals surface area contributed by atoms with Gasteiger partial charge in [-0.1, -0.05) is 54.6 Å². The Hall–Kier alpha value is -1.99. The zero-order valence-corrected chi connectivity index (χ0v) is 16.5. The van der Waals surface area contributed by atoms with E-state index < -0.39 is 10.0 Å². The molecule has 0 aliphatic carbocycles. The van der Waals surface area contributed by atoms with Crippen molar-refractivity contribution in [3.63, 3.8) is 0 Å². The largest absolute Gasteiger partial charge is 0.305 e. The molecule has 1 N–H and O–H groups in total. The van der Waals surface area contributed by atoms with Crippen LogP contribution in [0.1, 0.15) is 11.1 Å². The lowest BCUT2D eigenvalue weighted by molar-refractivity contribution is 0.402. The van der Waals surface area contributed by atoms with Crippen LogP contribution in [0.15, 0.2) is 70.3 Å². The summed E-state index contributed by atoms with van der Waals surface area (Å²) in [5, 5.41) is 1.76. The average molecular weight is 387 g/mol. The highest BCUT2D eigenvalue weighted by Gasteiger charge is 2.15. The third-order valence-electron chi connectivity index (χ3n) is 3.99. The normalized spacial score (nSPS) is 11.8. The first-order chi connectivity index (χ1) is 12.5. The summed E-state index contributed by atoms with van der Waals surface area (Å²) >= 11 is 1.22. The van der Waals surface area contributed by atoms with E-state index in [1.165, 1.54) is 16.9 Å². The van der Waals surface area contributed by atoms with Crippen LogP contribution in [0.3, 0.4) is 0 Å². The number of hydrogen-bond acceptors (Lipinski definition) is 4. The molecule has 0 aliphatic rings. The van der Waals surface area contributed by atoms with E-state index in [1.807, 2.05) is 38.4 Å². The van der Waals surface area contributed by atoms with Crippen LogP contribution in [0.25, 0.3) is 11.1 Å². The van der Waals surface area contributed by atoms with E-state index in [4.69, 9.17) is 0 Å². The van der Waals surface area contributed by atoms with Gasteiger partial charge in [0.2, 0.25) is 10.0 Å². The molecule has 1 aromatic heterocycles. The highest BCUT2D eigenvalue weighted by Crippen LogP contribution is 2.25.